The van der Waals surface area contributed by atoms with Crippen LogP contribution in [0.15, 0.2) is 35.9 Å². The van der Waals surface area contributed by atoms with Gasteiger partial charge in [-0.05, 0) is 56.8 Å². The maximum atomic E-state index is 13.2. The standard InChI is InChI=1S/C17H24FN/c1-19-17(13-14-8-7-11-16(18)12-14)15-9-5-3-2-4-6-10-15/h7-9,11-12,17,19H,2-6,10,13H2,1H3/b15-9+. The predicted octanol–water partition coefficient (Wildman–Crippen LogP) is 4.24. The van der Waals surface area contributed by atoms with Crippen molar-refractivity contribution in [3.8, 4) is 0 Å². The molecule has 1 N–H and O–H groups in total. The molecule has 1 nitrogen and oxygen atoms in total. The van der Waals surface area contributed by atoms with Gasteiger partial charge in [0.15, 0.2) is 0 Å². The smallest absolute Gasteiger partial charge is 0.123 e. The zero-order valence-electron chi connectivity index (χ0n) is 11.8. The highest BCUT2D eigenvalue weighted by Gasteiger charge is 2.14. The van der Waals surface area contributed by atoms with Crippen molar-refractivity contribution >= 4 is 0 Å². The van der Waals surface area contributed by atoms with E-state index in [0.717, 1.165) is 12.0 Å². The Morgan fingerprint density at radius 3 is 2.84 bits per heavy atom. The maximum Gasteiger partial charge on any atom is 0.123 e. The van der Waals surface area contributed by atoms with Crippen LogP contribution in [0, 0.1) is 5.82 Å². The number of hydrogen-bond acceptors (Lipinski definition) is 1. The van der Waals surface area contributed by atoms with E-state index in [4.69, 9.17) is 0 Å². The summed E-state index contributed by atoms with van der Waals surface area (Å²) >= 11 is 0. The summed E-state index contributed by atoms with van der Waals surface area (Å²) in [5, 5.41) is 3.40. The van der Waals surface area contributed by atoms with E-state index in [9.17, 15) is 4.39 Å². The predicted molar refractivity (Wildman–Crippen MR) is 78.7 cm³/mol. The van der Waals surface area contributed by atoms with Crippen molar-refractivity contribution in [3.05, 3.63) is 47.3 Å². The molecule has 0 aromatic heterocycles. The third kappa shape index (κ3) is 4.46. The molecule has 0 fully saturated rings. The third-order valence-electron chi connectivity index (χ3n) is 3.95. The number of likely N-dealkylation sites (N-methyl/N-ethyl adjacent to an activating group) is 1. The molecule has 1 atom stereocenters. The SMILES string of the molecule is CNC(Cc1cccc(F)c1)/C1=C/CCCCCC1. The zero-order valence-corrected chi connectivity index (χ0v) is 11.8. The van der Waals surface area contributed by atoms with Gasteiger partial charge in [-0.3, -0.25) is 0 Å². The van der Waals surface area contributed by atoms with E-state index in [-0.39, 0.29) is 5.82 Å². The Labute approximate surface area is 115 Å². The topological polar surface area (TPSA) is 12.0 Å². The van der Waals surface area contributed by atoms with Gasteiger partial charge in [0.05, 0.1) is 0 Å². The van der Waals surface area contributed by atoms with E-state index in [1.54, 1.807) is 12.1 Å². The summed E-state index contributed by atoms with van der Waals surface area (Å²) < 4.78 is 13.2. The van der Waals surface area contributed by atoms with Crippen LogP contribution in [0.1, 0.15) is 44.1 Å². The van der Waals surface area contributed by atoms with Gasteiger partial charge in [0.1, 0.15) is 5.82 Å². The van der Waals surface area contributed by atoms with Crippen LogP contribution in [0.5, 0.6) is 0 Å². The number of benzene rings is 1. The van der Waals surface area contributed by atoms with Crippen molar-refractivity contribution in [1.29, 1.82) is 0 Å². The van der Waals surface area contributed by atoms with Gasteiger partial charge in [0, 0.05) is 6.04 Å². The van der Waals surface area contributed by atoms with Crippen LogP contribution >= 0.6 is 0 Å². The quantitative estimate of drug-likeness (QED) is 0.799. The minimum absolute atomic E-state index is 0.140. The average molecular weight is 261 g/mol. The van der Waals surface area contributed by atoms with Crippen molar-refractivity contribution in [1.82, 2.24) is 5.32 Å². The Hall–Kier alpha value is -1.15. The van der Waals surface area contributed by atoms with Crippen molar-refractivity contribution in [2.75, 3.05) is 7.05 Å². The van der Waals surface area contributed by atoms with Gasteiger partial charge in [-0.1, -0.05) is 36.6 Å². The van der Waals surface area contributed by atoms with E-state index in [0.29, 0.717) is 6.04 Å². The Kier molecular flexibility index (Phi) is 5.59. The van der Waals surface area contributed by atoms with Crippen molar-refractivity contribution < 1.29 is 4.39 Å². The Morgan fingerprint density at radius 2 is 2.05 bits per heavy atom. The van der Waals surface area contributed by atoms with Gasteiger partial charge < -0.3 is 5.32 Å². The number of halogens is 1. The lowest BCUT2D eigenvalue weighted by Crippen LogP contribution is -2.30. The lowest BCUT2D eigenvalue weighted by atomic mass is 9.91. The highest BCUT2D eigenvalue weighted by Crippen LogP contribution is 2.21. The molecule has 0 radical (unpaired) electrons. The molecule has 1 aromatic carbocycles. The summed E-state index contributed by atoms with van der Waals surface area (Å²) in [6, 6.07) is 7.31. The molecular weight excluding hydrogens is 237 g/mol. The summed E-state index contributed by atoms with van der Waals surface area (Å²) in [6.07, 6.45) is 10.9. The fraction of sp³-hybridized carbons (Fsp3) is 0.529. The molecule has 0 aliphatic heterocycles. The minimum Gasteiger partial charge on any atom is -0.313 e. The van der Waals surface area contributed by atoms with Crippen LogP contribution in [0.2, 0.25) is 0 Å². The Morgan fingerprint density at radius 1 is 1.21 bits per heavy atom. The number of nitrogens with one attached hydrogen (secondary N) is 1. The van der Waals surface area contributed by atoms with E-state index >= 15 is 0 Å². The molecule has 1 aromatic rings. The van der Waals surface area contributed by atoms with Gasteiger partial charge >= 0.3 is 0 Å². The summed E-state index contributed by atoms with van der Waals surface area (Å²) in [7, 11) is 2.00. The first-order valence-corrected chi connectivity index (χ1v) is 7.40. The molecule has 0 spiro atoms. The van der Waals surface area contributed by atoms with Crippen molar-refractivity contribution in [2.24, 2.45) is 0 Å². The van der Waals surface area contributed by atoms with Gasteiger partial charge in [0.25, 0.3) is 0 Å². The summed E-state index contributed by atoms with van der Waals surface area (Å²) in [6.45, 7) is 0. The fourth-order valence-corrected chi connectivity index (χ4v) is 2.85. The molecule has 0 amide bonds. The Bertz CT molecular complexity index is 425. The largest absolute Gasteiger partial charge is 0.313 e. The first kappa shape index (κ1) is 14.3. The second-order valence-electron chi connectivity index (χ2n) is 5.41. The Balaban J connectivity index is 2.06. The van der Waals surface area contributed by atoms with Crippen LogP contribution in [0.4, 0.5) is 4.39 Å². The number of allylic oxidation sites excluding steroid dienone is 1. The molecule has 1 aliphatic carbocycles. The fourth-order valence-electron chi connectivity index (χ4n) is 2.85. The van der Waals surface area contributed by atoms with Gasteiger partial charge in [-0.2, -0.15) is 0 Å². The molecule has 104 valence electrons. The molecule has 0 saturated carbocycles. The zero-order chi connectivity index (χ0) is 13.5. The van der Waals surface area contributed by atoms with Crippen LogP contribution in [0.25, 0.3) is 0 Å². The molecule has 0 bridgehead atoms. The summed E-state index contributed by atoms with van der Waals surface area (Å²) in [5.41, 5.74) is 2.58. The third-order valence-corrected chi connectivity index (χ3v) is 3.95. The molecule has 2 heteroatoms. The molecule has 1 unspecified atom stereocenters. The summed E-state index contributed by atoms with van der Waals surface area (Å²) in [4.78, 5) is 0. The first-order valence-electron chi connectivity index (χ1n) is 7.40. The second-order valence-corrected chi connectivity index (χ2v) is 5.41. The molecule has 0 heterocycles. The van der Waals surface area contributed by atoms with E-state index < -0.39 is 0 Å². The van der Waals surface area contributed by atoms with Crippen LogP contribution < -0.4 is 5.32 Å². The van der Waals surface area contributed by atoms with Gasteiger partial charge in [-0.15, -0.1) is 0 Å². The average Bonchev–Trinajstić information content (AvgIpc) is 2.36. The van der Waals surface area contributed by atoms with E-state index in [2.05, 4.69) is 11.4 Å². The van der Waals surface area contributed by atoms with Gasteiger partial charge in [0.2, 0.25) is 0 Å². The maximum absolute atomic E-state index is 13.2. The summed E-state index contributed by atoms with van der Waals surface area (Å²) in [5.74, 6) is -0.140. The molecule has 2 rings (SSSR count). The molecule has 0 saturated heterocycles. The monoisotopic (exact) mass is 261 g/mol. The van der Waals surface area contributed by atoms with Crippen molar-refractivity contribution in [3.63, 3.8) is 0 Å². The van der Waals surface area contributed by atoms with Crippen LogP contribution in [0.3, 0.4) is 0 Å². The molecular formula is C17H24FN. The molecule has 19 heavy (non-hydrogen) atoms. The second kappa shape index (κ2) is 7.44. The lowest BCUT2D eigenvalue weighted by Gasteiger charge is -2.22. The van der Waals surface area contributed by atoms with Gasteiger partial charge in [-0.25, -0.2) is 4.39 Å². The van der Waals surface area contributed by atoms with Crippen molar-refractivity contribution in [2.45, 2.75) is 51.0 Å². The highest BCUT2D eigenvalue weighted by molar-refractivity contribution is 5.22. The van der Waals surface area contributed by atoms with Crippen LogP contribution in [-0.4, -0.2) is 13.1 Å². The highest BCUT2D eigenvalue weighted by atomic mass is 19.1. The number of hydrogen-bond donors (Lipinski definition) is 1. The normalized spacial score (nSPS) is 21.1. The molecule has 1 aliphatic rings. The minimum atomic E-state index is -0.140. The first-order chi connectivity index (χ1) is 9.29. The lowest BCUT2D eigenvalue weighted by molar-refractivity contribution is 0.555. The number of rotatable bonds is 4. The van der Waals surface area contributed by atoms with Crippen LogP contribution in [-0.2, 0) is 6.42 Å². The van der Waals surface area contributed by atoms with E-state index in [1.807, 2.05) is 13.1 Å². The van der Waals surface area contributed by atoms with E-state index in [1.165, 1.54) is 50.2 Å².